The van der Waals surface area contributed by atoms with Crippen LogP contribution in [0, 0.1) is 5.82 Å². The van der Waals surface area contributed by atoms with Crippen molar-refractivity contribution in [2.75, 3.05) is 12.3 Å². The normalized spacial score (nSPS) is 10.1. The van der Waals surface area contributed by atoms with E-state index in [4.69, 9.17) is 0 Å². The molecule has 0 fully saturated rings. The predicted molar refractivity (Wildman–Crippen MR) is 81.6 cm³/mol. The summed E-state index contributed by atoms with van der Waals surface area (Å²) in [5.41, 5.74) is 0.938. The smallest absolute Gasteiger partial charge is 0.315 e. The zero-order valence-electron chi connectivity index (χ0n) is 11.4. The van der Waals surface area contributed by atoms with Crippen LogP contribution in [0.2, 0.25) is 0 Å². The van der Waals surface area contributed by atoms with Crippen molar-refractivity contribution in [1.29, 1.82) is 0 Å². The lowest BCUT2D eigenvalue weighted by molar-refractivity contribution is 0.241. The van der Waals surface area contributed by atoms with E-state index in [9.17, 15) is 9.18 Å². The molecule has 0 atom stereocenters. The number of thioether (sulfide) groups is 1. The molecule has 0 aliphatic carbocycles. The molecule has 2 aromatic rings. The number of hydrogen-bond acceptors (Lipinski definition) is 3. The summed E-state index contributed by atoms with van der Waals surface area (Å²) in [5.74, 6) is 0.380. The van der Waals surface area contributed by atoms with Crippen LogP contribution in [0.25, 0.3) is 0 Å². The molecule has 21 heavy (non-hydrogen) atoms. The minimum atomic E-state index is -0.243. The minimum Gasteiger partial charge on any atom is -0.337 e. The van der Waals surface area contributed by atoms with E-state index in [1.165, 1.54) is 17.8 Å². The zero-order chi connectivity index (χ0) is 14.9. The molecule has 1 heterocycles. The Morgan fingerprint density at radius 1 is 1.19 bits per heavy atom. The summed E-state index contributed by atoms with van der Waals surface area (Å²) >= 11 is 1.38. The van der Waals surface area contributed by atoms with Gasteiger partial charge in [0.1, 0.15) is 5.82 Å². The number of amides is 2. The molecule has 0 unspecified atom stereocenters. The monoisotopic (exact) mass is 305 g/mol. The average Bonchev–Trinajstić information content (AvgIpc) is 2.52. The highest BCUT2D eigenvalue weighted by atomic mass is 32.2. The molecule has 1 aromatic heterocycles. The molecule has 2 amide bonds. The van der Waals surface area contributed by atoms with Crippen molar-refractivity contribution in [1.82, 2.24) is 15.6 Å². The highest BCUT2D eigenvalue weighted by Gasteiger charge is 2.02. The standard InChI is InChI=1S/C15H16FN3OS/c16-13-5-1-2-6-14(13)21-9-8-18-15(20)19-11-12-4-3-7-17-10-12/h1-7,10H,8-9,11H2,(H2,18,19,20). The van der Waals surface area contributed by atoms with Gasteiger partial charge < -0.3 is 10.6 Å². The topological polar surface area (TPSA) is 54.0 Å². The lowest BCUT2D eigenvalue weighted by atomic mass is 10.3. The first-order chi connectivity index (χ1) is 10.3. The maximum absolute atomic E-state index is 13.4. The van der Waals surface area contributed by atoms with E-state index >= 15 is 0 Å². The minimum absolute atomic E-state index is 0.233. The summed E-state index contributed by atoms with van der Waals surface area (Å²) in [7, 11) is 0. The molecule has 6 heteroatoms. The molecule has 0 saturated carbocycles. The number of carbonyl (C=O) groups excluding carboxylic acids is 1. The van der Waals surface area contributed by atoms with E-state index in [-0.39, 0.29) is 11.8 Å². The van der Waals surface area contributed by atoms with E-state index in [2.05, 4.69) is 15.6 Å². The lowest BCUT2D eigenvalue weighted by Crippen LogP contribution is -2.36. The van der Waals surface area contributed by atoms with Crippen molar-refractivity contribution in [3.05, 3.63) is 60.2 Å². The Kier molecular flexibility index (Phi) is 6.02. The number of aromatic nitrogens is 1. The molecule has 0 bridgehead atoms. The van der Waals surface area contributed by atoms with Crippen LogP contribution >= 0.6 is 11.8 Å². The van der Waals surface area contributed by atoms with Gasteiger partial charge >= 0.3 is 6.03 Å². The second-order valence-electron chi connectivity index (χ2n) is 4.25. The van der Waals surface area contributed by atoms with Gasteiger partial charge in [-0.15, -0.1) is 11.8 Å². The first kappa shape index (κ1) is 15.3. The largest absolute Gasteiger partial charge is 0.337 e. The molecule has 0 saturated heterocycles. The summed E-state index contributed by atoms with van der Waals surface area (Å²) in [6.07, 6.45) is 3.39. The van der Waals surface area contributed by atoms with Gasteiger partial charge in [0.05, 0.1) is 0 Å². The van der Waals surface area contributed by atoms with Crippen molar-refractivity contribution in [3.8, 4) is 0 Å². The van der Waals surface area contributed by atoms with Crippen LogP contribution in [-0.4, -0.2) is 23.3 Å². The number of halogens is 1. The first-order valence-corrected chi connectivity index (χ1v) is 7.52. The zero-order valence-corrected chi connectivity index (χ0v) is 12.2. The lowest BCUT2D eigenvalue weighted by Gasteiger charge is -2.07. The fourth-order valence-electron chi connectivity index (χ4n) is 1.63. The number of pyridine rings is 1. The maximum atomic E-state index is 13.4. The Bertz CT molecular complexity index is 580. The van der Waals surface area contributed by atoms with Crippen LogP contribution in [0.15, 0.2) is 53.7 Å². The second-order valence-corrected chi connectivity index (χ2v) is 5.39. The molecule has 0 aliphatic rings. The molecule has 0 radical (unpaired) electrons. The number of carbonyl (C=O) groups is 1. The van der Waals surface area contributed by atoms with E-state index < -0.39 is 0 Å². The quantitative estimate of drug-likeness (QED) is 0.637. The number of nitrogens with zero attached hydrogens (tertiary/aromatic N) is 1. The predicted octanol–water partition coefficient (Wildman–Crippen LogP) is 2.81. The van der Waals surface area contributed by atoms with E-state index in [1.54, 1.807) is 30.6 Å². The van der Waals surface area contributed by atoms with Gasteiger partial charge in [0, 0.05) is 36.1 Å². The van der Waals surface area contributed by atoms with Crippen LogP contribution in [0.3, 0.4) is 0 Å². The summed E-state index contributed by atoms with van der Waals surface area (Å²) in [5, 5.41) is 5.46. The van der Waals surface area contributed by atoms with E-state index in [1.807, 2.05) is 12.1 Å². The molecule has 0 aliphatic heterocycles. The Balaban J connectivity index is 1.62. The number of urea groups is 1. The SMILES string of the molecule is O=C(NCCSc1ccccc1F)NCc1cccnc1. The van der Waals surface area contributed by atoms with Crippen LogP contribution in [0.5, 0.6) is 0 Å². The van der Waals surface area contributed by atoms with E-state index in [0.717, 1.165) is 5.56 Å². The van der Waals surface area contributed by atoms with Crippen molar-refractivity contribution < 1.29 is 9.18 Å². The fourth-order valence-corrected chi connectivity index (χ4v) is 2.44. The van der Waals surface area contributed by atoms with Gasteiger partial charge in [-0.05, 0) is 23.8 Å². The number of hydrogen-bond donors (Lipinski definition) is 2. The summed E-state index contributed by atoms with van der Waals surface area (Å²) in [4.78, 5) is 16.1. The van der Waals surface area contributed by atoms with Gasteiger partial charge in [0.15, 0.2) is 0 Å². The van der Waals surface area contributed by atoms with E-state index in [0.29, 0.717) is 23.7 Å². The molecule has 2 rings (SSSR count). The van der Waals surface area contributed by atoms with Gasteiger partial charge in [0.25, 0.3) is 0 Å². The maximum Gasteiger partial charge on any atom is 0.315 e. The molecule has 110 valence electrons. The second kappa shape index (κ2) is 8.26. The van der Waals surface area contributed by atoms with Gasteiger partial charge in [-0.2, -0.15) is 0 Å². The first-order valence-electron chi connectivity index (χ1n) is 6.53. The van der Waals surface area contributed by atoms with Crippen LogP contribution < -0.4 is 10.6 Å². The highest BCUT2D eigenvalue weighted by Crippen LogP contribution is 2.20. The van der Waals surface area contributed by atoms with Crippen molar-refractivity contribution in [2.45, 2.75) is 11.4 Å². The van der Waals surface area contributed by atoms with Gasteiger partial charge in [-0.25, -0.2) is 9.18 Å². The summed E-state index contributed by atoms with van der Waals surface area (Å²) < 4.78 is 13.4. The van der Waals surface area contributed by atoms with Crippen LogP contribution in [0.1, 0.15) is 5.56 Å². The Labute approximate surface area is 127 Å². The Morgan fingerprint density at radius 2 is 2.05 bits per heavy atom. The molecule has 2 N–H and O–H groups in total. The molecule has 0 spiro atoms. The third-order valence-corrected chi connectivity index (χ3v) is 3.71. The third kappa shape index (κ3) is 5.43. The Morgan fingerprint density at radius 3 is 2.81 bits per heavy atom. The van der Waals surface area contributed by atoms with Gasteiger partial charge in [0.2, 0.25) is 0 Å². The van der Waals surface area contributed by atoms with Gasteiger partial charge in [-0.3, -0.25) is 4.98 Å². The van der Waals surface area contributed by atoms with Gasteiger partial charge in [-0.1, -0.05) is 18.2 Å². The molecule has 1 aromatic carbocycles. The van der Waals surface area contributed by atoms with Crippen molar-refractivity contribution in [3.63, 3.8) is 0 Å². The van der Waals surface area contributed by atoms with Crippen LogP contribution in [0.4, 0.5) is 9.18 Å². The molecular weight excluding hydrogens is 289 g/mol. The molecule has 4 nitrogen and oxygen atoms in total. The van der Waals surface area contributed by atoms with Crippen molar-refractivity contribution in [2.24, 2.45) is 0 Å². The summed E-state index contributed by atoms with van der Waals surface area (Å²) in [6.45, 7) is 0.901. The third-order valence-electron chi connectivity index (χ3n) is 2.66. The highest BCUT2D eigenvalue weighted by molar-refractivity contribution is 7.99. The fraction of sp³-hybridized carbons (Fsp3) is 0.200. The summed E-state index contributed by atoms with van der Waals surface area (Å²) in [6, 6.07) is 10.1. The number of nitrogens with one attached hydrogen (secondary N) is 2. The average molecular weight is 305 g/mol. The van der Waals surface area contributed by atoms with Crippen LogP contribution in [-0.2, 0) is 6.54 Å². The number of rotatable bonds is 6. The number of benzene rings is 1. The Hall–Kier alpha value is -2.08. The molecular formula is C15H16FN3OS. The van der Waals surface area contributed by atoms with Crippen molar-refractivity contribution >= 4 is 17.8 Å².